The zero-order chi connectivity index (χ0) is 10.4. The van der Waals surface area contributed by atoms with Gasteiger partial charge < -0.3 is 0 Å². The smallest absolute Gasteiger partial charge is 0.0168 e. The summed E-state index contributed by atoms with van der Waals surface area (Å²) in [6.45, 7) is 6.83. The van der Waals surface area contributed by atoms with Crippen LogP contribution in [0, 0.1) is 11.8 Å². The molecule has 0 bridgehead atoms. The lowest BCUT2D eigenvalue weighted by Gasteiger charge is -2.26. The van der Waals surface area contributed by atoms with Crippen LogP contribution in [-0.4, -0.2) is 0 Å². The molecule has 0 spiro atoms. The summed E-state index contributed by atoms with van der Waals surface area (Å²) in [5, 5.41) is 0. The van der Waals surface area contributed by atoms with Crippen molar-refractivity contribution in [3.63, 3.8) is 0 Å². The molecule has 0 radical (unpaired) electrons. The Bertz CT molecular complexity index is 210. The van der Waals surface area contributed by atoms with E-state index in [1.807, 2.05) is 0 Å². The maximum absolute atomic E-state index is 2.45. The minimum absolute atomic E-state index is 0.816. The Morgan fingerprint density at radius 3 is 2.86 bits per heavy atom. The summed E-state index contributed by atoms with van der Waals surface area (Å²) in [5.41, 5.74) is 1.57. The van der Waals surface area contributed by atoms with Crippen molar-refractivity contribution in [3.8, 4) is 0 Å². The molecule has 0 heteroatoms. The molecule has 0 saturated heterocycles. The number of allylic oxidation sites excluding steroid dienone is 4. The average molecular weight is 192 g/mol. The Kier molecular flexibility index (Phi) is 5.00. The Hall–Kier alpha value is -0.520. The third-order valence-electron chi connectivity index (χ3n) is 3.33. The minimum atomic E-state index is 0.816. The highest BCUT2D eigenvalue weighted by Crippen LogP contribution is 2.31. The highest BCUT2D eigenvalue weighted by molar-refractivity contribution is 5.06. The Labute approximate surface area is 89.1 Å². The highest BCUT2D eigenvalue weighted by Gasteiger charge is 2.19. The van der Waals surface area contributed by atoms with E-state index in [9.17, 15) is 0 Å². The van der Waals surface area contributed by atoms with E-state index in [0.717, 1.165) is 11.8 Å². The topological polar surface area (TPSA) is 0 Å². The van der Waals surface area contributed by atoms with Gasteiger partial charge in [-0.15, -0.1) is 0 Å². The van der Waals surface area contributed by atoms with Gasteiger partial charge in [0.1, 0.15) is 0 Å². The maximum Gasteiger partial charge on any atom is -0.0168 e. The molecule has 0 nitrogen and oxygen atoms in total. The summed E-state index contributed by atoms with van der Waals surface area (Å²) in [5.74, 6) is 1.75. The fourth-order valence-corrected chi connectivity index (χ4v) is 2.50. The van der Waals surface area contributed by atoms with Crippen LogP contribution in [0.3, 0.4) is 0 Å². The third kappa shape index (κ3) is 3.32. The summed E-state index contributed by atoms with van der Waals surface area (Å²) in [6.07, 6.45) is 13.7. The van der Waals surface area contributed by atoms with Crippen LogP contribution < -0.4 is 0 Å². The SMILES string of the molecule is CC/C=C(\C)CC1C=CCCC1CC. The van der Waals surface area contributed by atoms with Crippen molar-refractivity contribution in [1.29, 1.82) is 0 Å². The molecular weight excluding hydrogens is 168 g/mol. The van der Waals surface area contributed by atoms with Gasteiger partial charge in [0.25, 0.3) is 0 Å². The summed E-state index contributed by atoms with van der Waals surface area (Å²) in [4.78, 5) is 0. The second kappa shape index (κ2) is 6.06. The van der Waals surface area contributed by atoms with Crippen LogP contribution in [0.1, 0.15) is 52.9 Å². The van der Waals surface area contributed by atoms with Gasteiger partial charge in [-0.05, 0) is 44.4 Å². The minimum Gasteiger partial charge on any atom is -0.0882 e. The van der Waals surface area contributed by atoms with Crippen LogP contribution >= 0.6 is 0 Å². The van der Waals surface area contributed by atoms with Gasteiger partial charge in [-0.1, -0.05) is 44.1 Å². The van der Waals surface area contributed by atoms with Crippen molar-refractivity contribution in [2.75, 3.05) is 0 Å². The van der Waals surface area contributed by atoms with Crippen LogP contribution in [0.15, 0.2) is 23.8 Å². The molecule has 0 aromatic rings. The van der Waals surface area contributed by atoms with Crippen LogP contribution in [0.2, 0.25) is 0 Å². The summed E-state index contributed by atoms with van der Waals surface area (Å²) in [6, 6.07) is 0. The molecule has 14 heavy (non-hydrogen) atoms. The lowest BCUT2D eigenvalue weighted by atomic mass is 9.79. The molecule has 0 N–H and O–H groups in total. The molecule has 80 valence electrons. The number of hydrogen-bond acceptors (Lipinski definition) is 0. The molecule has 1 rings (SSSR count). The first-order valence-electron chi connectivity index (χ1n) is 6.10. The molecule has 0 heterocycles. The van der Waals surface area contributed by atoms with Gasteiger partial charge in [0.05, 0.1) is 0 Å². The molecular formula is C14H24. The van der Waals surface area contributed by atoms with Gasteiger partial charge >= 0.3 is 0 Å². The monoisotopic (exact) mass is 192 g/mol. The zero-order valence-corrected chi connectivity index (χ0v) is 9.92. The highest BCUT2D eigenvalue weighted by atomic mass is 14.2. The van der Waals surface area contributed by atoms with Crippen LogP contribution in [-0.2, 0) is 0 Å². The van der Waals surface area contributed by atoms with E-state index in [0.29, 0.717) is 0 Å². The van der Waals surface area contributed by atoms with E-state index < -0.39 is 0 Å². The normalized spacial score (nSPS) is 28.1. The lowest BCUT2D eigenvalue weighted by Crippen LogP contribution is -2.15. The molecule has 1 aliphatic carbocycles. The third-order valence-corrected chi connectivity index (χ3v) is 3.33. The number of rotatable bonds is 4. The molecule has 0 aliphatic heterocycles. The van der Waals surface area contributed by atoms with E-state index in [4.69, 9.17) is 0 Å². The number of hydrogen-bond donors (Lipinski definition) is 0. The first-order chi connectivity index (χ1) is 6.77. The molecule has 2 atom stereocenters. The molecule has 0 saturated carbocycles. The van der Waals surface area contributed by atoms with E-state index in [-0.39, 0.29) is 0 Å². The predicted octanol–water partition coefficient (Wildman–Crippen LogP) is 4.73. The Morgan fingerprint density at radius 2 is 2.21 bits per heavy atom. The van der Waals surface area contributed by atoms with Crippen LogP contribution in [0.4, 0.5) is 0 Å². The molecule has 0 amide bonds. The standard InChI is InChI=1S/C14H24/c1-4-8-12(3)11-14-10-7-6-9-13(14)5-2/h7-8,10,13-14H,4-6,9,11H2,1-3H3/b12-8+. The van der Waals surface area contributed by atoms with Crippen LogP contribution in [0.5, 0.6) is 0 Å². The fraction of sp³-hybridized carbons (Fsp3) is 0.714. The first-order valence-corrected chi connectivity index (χ1v) is 6.10. The quantitative estimate of drug-likeness (QED) is 0.565. The van der Waals surface area contributed by atoms with Crippen molar-refractivity contribution < 1.29 is 0 Å². The zero-order valence-electron chi connectivity index (χ0n) is 9.92. The first kappa shape index (κ1) is 11.6. The lowest BCUT2D eigenvalue weighted by molar-refractivity contribution is 0.343. The van der Waals surface area contributed by atoms with Gasteiger partial charge in [0.2, 0.25) is 0 Å². The van der Waals surface area contributed by atoms with Crippen molar-refractivity contribution in [3.05, 3.63) is 23.8 Å². The van der Waals surface area contributed by atoms with Gasteiger partial charge in [-0.2, -0.15) is 0 Å². The van der Waals surface area contributed by atoms with Crippen molar-refractivity contribution in [2.24, 2.45) is 11.8 Å². The van der Waals surface area contributed by atoms with E-state index in [1.54, 1.807) is 5.57 Å². The molecule has 0 aromatic carbocycles. The van der Waals surface area contributed by atoms with Gasteiger partial charge in [0, 0.05) is 0 Å². The van der Waals surface area contributed by atoms with Gasteiger partial charge in [-0.25, -0.2) is 0 Å². The van der Waals surface area contributed by atoms with E-state index in [1.165, 1.54) is 32.1 Å². The Balaban J connectivity index is 2.52. The Morgan fingerprint density at radius 1 is 1.43 bits per heavy atom. The van der Waals surface area contributed by atoms with Crippen molar-refractivity contribution in [1.82, 2.24) is 0 Å². The average Bonchev–Trinajstić information content (AvgIpc) is 2.19. The summed E-state index contributed by atoms with van der Waals surface area (Å²) in [7, 11) is 0. The van der Waals surface area contributed by atoms with Crippen LogP contribution in [0.25, 0.3) is 0 Å². The second-order valence-corrected chi connectivity index (χ2v) is 4.50. The van der Waals surface area contributed by atoms with Crippen molar-refractivity contribution >= 4 is 0 Å². The molecule has 0 fully saturated rings. The molecule has 2 unspecified atom stereocenters. The maximum atomic E-state index is 2.45. The fourth-order valence-electron chi connectivity index (χ4n) is 2.50. The second-order valence-electron chi connectivity index (χ2n) is 4.50. The summed E-state index contributed by atoms with van der Waals surface area (Å²) >= 11 is 0. The largest absolute Gasteiger partial charge is 0.0882 e. The van der Waals surface area contributed by atoms with E-state index in [2.05, 4.69) is 39.0 Å². The van der Waals surface area contributed by atoms with E-state index >= 15 is 0 Å². The van der Waals surface area contributed by atoms with Gasteiger partial charge in [0.15, 0.2) is 0 Å². The summed E-state index contributed by atoms with van der Waals surface area (Å²) < 4.78 is 0. The molecule has 1 aliphatic rings. The van der Waals surface area contributed by atoms with Gasteiger partial charge in [-0.3, -0.25) is 0 Å². The van der Waals surface area contributed by atoms with Crippen molar-refractivity contribution in [2.45, 2.75) is 52.9 Å². The predicted molar refractivity (Wildman–Crippen MR) is 64.3 cm³/mol. The molecule has 0 aromatic heterocycles.